The molecule has 0 saturated heterocycles. The molecule has 5 heteroatoms. The van der Waals surface area contributed by atoms with Crippen molar-refractivity contribution in [1.82, 2.24) is 0 Å². The van der Waals surface area contributed by atoms with Crippen molar-refractivity contribution in [2.24, 2.45) is 34.5 Å². The van der Waals surface area contributed by atoms with E-state index in [-0.39, 0.29) is 35.0 Å². The van der Waals surface area contributed by atoms with Crippen LogP contribution in [-0.2, 0) is 23.9 Å². The lowest BCUT2D eigenvalue weighted by molar-refractivity contribution is -0.165. The minimum absolute atomic E-state index is 0.246. The number of aldehydes is 1. The van der Waals surface area contributed by atoms with Crippen LogP contribution in [0.15, 0.2) is 23.3 Å². The molecule has 3 fully saturated rings. The number of hydrogen-bond acceptors (Lipinski definition) is 5. The van der Waals surface area contributed by atoms with Crippen LogP contribution >= 0.6 is 0 Å². The standard InChI is InChI=1S/C28H40O5/c1-17(7-6-14-29)23-10-11-24-22-9-8-20-15-21(32-18(2)30)16-26(33-19(3)31)28(20,5)25(22)12-13-27(23,24)4/h8-9,14,17,21,23-26H,6-7,10-13,15-16H2,1-5H3/t17-,21-,23-,24+,25+,26+,27-,28+/m1/s1. The summed E-state index contributed by atoms with van der Waals surface area (Å²) in [5.41, 5.74) is 2.79. The molecule has 5 nitrogen and oxygen atoms in total. The lowest BCUT2D eigenvalue weighted by Gasteiger charge is -2.57. The zero-order valence-electron chi connectivity index (χ0n) is 20.9. The molecule has 0 N–H and O–H groups in total. The number of esters is 2. The maximum atomic E-state index is 12.1. The van der Waals surface area contributed by atoms with Gasteiger partial charge in [-0.2, -0.15) is 0 Å². The van der Waals surface area contributed by atoms with Gasteiger partial charge in [-0.05, 0) is 61.2 Å². The Morgan fingerprint density at radius 2 is 1.82 bits per heavy atom. The Morgan fingerprint density at radius 3 is 2.48 bits per heavy atom. The van der Waals surface area contributed by atoms with E-state index in [4.69, 9.17) is 9.47 Å². The van der Waals surface area contributed by atoms with Gasteiger partial charge in [0.2, 0.25) is 0 Å². The van der Waals surface area contributed by atoms with E-state index in [1.165, 1.54) is 44.3 Å². The molecular formula is C28H40O5. The number of rotatable bonds is 6. The minimum atomic E-state index is -0.291. The van der Waals surface area contributed by atoms with Crippen LogP contribution in [0, 0.1) is 34.5 Å². The van der Waals surface area contributed by atoms with Gasteiger partial charge in [-0.25, -0.2) is 0 Å². The first-order valence-electron chi connectivity index (χ1n) is 12.8. The number of fused-ring (bicyclic) bond motifs is 5. The number of hydrogen-bond donors (Lipinski definition) is 0. The molecule has 0 aromatic heterocycles. The first-order valence-corrected chi connectivity index (χ1v) is 12.8. The molecule has 182 valence electrons. The largest absolute Gasteiger partial charge is 0.462 e. The van der Waals surface area contributed by atoms with Crippen LogP contribution < -0.4 is 0 Å². The summed E-state index contributed by atoms with van der Waals surface area (Å²) in [6.07, 6.45) is 12.7. The van der Waals surface area contributed by atoms with Gasteiger partial charge in [0.05, 0.1) is 0 Å². The molecule has 0 amide bonds. The zero-order chi connectivity index (χ0) is 24.0. The van der Waals surface area contributed by atoms with Crippen LogP contribution in [0.4, 0.5) is 0 Å². The Bertz CT molecular complexity index is 872. The fourth-order valence-electron chi connectivity index (χ4n) is 8.21. The van der Waals surface area contributed by atoms with Gasteiger partial charge in [-0.3, -0.25) is 9.59 Å². The Hall–Kier alpha value is -1.91. The average molecular weight is 457 g/mol. The van der Waals surface area contributed by atoms with E-state index in [9.17, 15) is 14.4 Å². The second-order valence-corrected chi connectivity index (χ2v) is 11.5. The lowest BCUT2D eigenvalue weighted by atomic mass is 9.49. The van der Waals surface area contributed by atoms with E-state index < -0.39 is 0 Å². The first kappa shape index (κ1) is 24.2. The molecule has 3 saturated carbocycles. The first-order chi connectivity index (χ1) is 15.6. The topological polar surface area (TPSA) is 69.7 Å². The van der Waals surface area contributed by atoms with Crippen molar-refractivity contribution in [2.75, 3.05) is 0 Å². The fraction of sp³-hybridized carbons (Fsp3) is 0.750. The highest BCUT2D eigenvalue weighted by atomic mass is 16.6. The van der Waals surface area contributed by atoms with Crippen molar-refractivity contribution < 1.29 is 23.9 Å². The monoisotopic (exact) mass is 456 g/mol. The van der Waals surface area contributed by atoms with Gasteiger partial charge in [-0.15, -0.1) is 0 Å². The van der Waals surface area contributed by atoms with Gasteiger partial charge < -0.3 is 14.3 Å². The molecule has 33 heavy (non-hydrogen) atoms. The Balaban J connectivity index is 1.65. The second-order valence-electron chi connectivity index (χ2n) is 11.5. The molecule has 0 spiro atoms. The zero-order valence-corrected chi connectivity index (χ0v) is 20.9. The number of carbonyl (C=O) groups excluding carboxylic acids is 3. The summed E-state index contributed by atoms with van der Waals surface area (Å²) < 4.78 is 11.5. The summed E-state index contributed by atoms with van der Waals surface area (Å²) >= 11 is 0. The quantitative estimate of drug-likeness (QED) is 0.386. The summed E-state index contributed by atoms with van der Waals surface area (Å²) in [6, 6.07) is 0. The summed E-state index contributed by atoms with van der Waals surface area (Å²) in [5, 5.41) is 0. The summed E-state index contributed by atoms with van der Waals surface area (Å²) in [7, 11) is 0. The van der Waals surface area contributed by atoms with Crippen molar-refractivity contribution in [2.45, 2.75) is 98.2 Å². The average Bonchev–Trinajstić information content (AvgIpc) is 3.09. The van der Waals surface area contributed by atoms with E-state index in [0.29, 0.717) is 42.9 Å². The van der Waals surface area contributed by atoms with Crippen LogP contribution in [0.1, 0.15) is 86.0 Å². The van der Waals surface area contributed by atoms with E-state index in [0.717, 1.165) is 19.1 Å². The molecule has 0 unspecified atom stereocenters. The van der Waals surface area contributed by atoms with Crippen LogP contribution in [0.25, 0.3) is 0 Å². The van der Waals surface area contributed by atoms with Gasteiger partial charge in [0.25, 0.3) is 0 Å². The lowest BCUT2D eigenvalue weighted by Crippen LogP contribution is -2.54. The normalized spacial score (nSPS) is 40.3. The van der Waals surface area contributed by atoms with Crippen molar-refractivity contribution >= 4 is 18.2 Å². The van der Waals surface area contributed by atoms with Gasteiger partial charge in [0, 0.05) is 38.5 Å². The van der Waals surface area contributed by atoms with Gasteiger partial charge in [0.15, 0.2) is 0 Å². The molecule has 4 aliphatic carbocycles. The van der Waals surface area contributed by atoms with Crippen molar-refractivity contribution in [3.05, 3.63) is 23.3 Å². The molecule has 8 atom stereocenters. The van der Waals surface area contributed by atoms with Gasteiger partial charge >= 0.3 is 11.9 Å². The van der Waals surface area contributed by atoms with Crippen LogP contribution in [0.5, 0.6) is 0 Å². The van der Waals surface area contributed by atoms with E-state index in [2.05, 4.69) is 32.9 Å². The van der Waals surface area contributed by atoms with Crippen LogP contribution in [0.2, 0.25) is 0 Å². The Morgan fingerprint density at radius 1 is 1.09 bits per heavy atom. The summed E-state index contributed by atoms with van der Waals surface area (Å²) in [6.45, 7) is 10.00. The van der Waals surface area contributed by atoms with Crippen LogP contribution in [0.3, 0.4) is 0 Å². The predicted octanol–water partition coefficient (Wildman–Crippen LogP) is 5.57. The van der Waals surface area contributed by atoms with Gasteiger partial charge in [-0.1, -0.05) is 44.1 Å². The molecular weight excluding hydrogens is 416 g/mol. The van der Waals surface area contributed by atoms with E-state index >= 15 is 0 Å². The molecule has 0 heterocycles. The summed E-state index contributed by atoms with van der Waals surface area (Å²) in [4.78, 5) is 34.7. The third-order valence-electron chi connectivity index (χ3n) is 9.74. The maximum Gasteiger partial charge on any atom is 0.302 e. The molecule has 4 aliphatic rings. The van der Waals surface area contributed by atoms with Gasteiger partial charge in [0.1, 0.15) is 18.5 Å². The minimum Gasteiger partial charge on any atom is -0.462 e. The summed E-state index contributed by atoms with van der Waals surface area (Å²) in [5.74, 6) is 1.53. The highest BCUT2D eigenvalue weighted by molar-refractivity contribution is 5.67. The fourth-order valence-corrected chi connectivity index (χ4v) is 8.21. The Kier molecular flexibility index (Phi) is 6.63. The Labute approximate surface area is 198 Å². The van der Waals surface area contributed by atoms with Crippen LogP contribution in [-0.4, -0.2) is 30.4 Å². The molecule has 0 aliphatic heterocycles. The van der Waals surface area contributed by atoms with Crippen molar-refractivity contribution in [3.63, 3.8) is 0 Å². The third-order valence-corrected chi connectivity index (χ3v) is 9.74. The number of ether oxygens (including phenoxy) is 2. The number of allylic oxidation sites excluding steroid dienone is 3. The number of carbonyl (C=O) groups is 3. The molecule has 0 aromatic rings. The predicted molar refractivity (Wildman–Crippen MR) is 126 cm³/mol. The smallest absolute Gasteiger partial charge is 0.302 e. The highest BCUT2D eigenvalue weighted by Gasteiger charge is 2.60. The van der Waals surface area contributed by atoms with Crippen molar-refractivity contribution in [3.8, 4) is 0 Å². The highest BCUT2D eigenvalue weighted by Crippen LogP contribution is 2.66. The molecule has 0 aromatic carbocycles. The van der Waals surface area contributed by atoms with E-state index in [1.54, 1.807) is 0 Å². The molecule has 0 radical (unpaired) electrons. The second kappa shape index (κ2) is 9.03. The third kappa shape index (κ3) is 4.10. The van der Waals surface area contributed by atoms with Crippen molar-refractivity contribution in [1.29, 1.82) is 0 Å². The van der Waals surface area contributed by atoms with E-state index in [1.807, 2.05) is 0 Å². The molecule has 0 bridgehead atoms. The molecule has 4 rings (SSSR count). The SMILES string of the molecule is CC(=O)O[C@@H]1CC2=CC=C3[C@@H]4CC[C@H]([C@H](C)CCC=O)[C@@]4(C)CC[C@@H]3[C@@]2(C)[C@@H](OC(C)=O)C1. The maximum absolute atomic E-state index is 12.1.